The van der Waals surface area contributed by atoms with Crippen molar-refractivity contribution in [2.24, 2.45) is 0 Å². The molecule has 0 fully saturated rings. The number of fused-ring (bicyclic) bond motifs is 1. The SMILES string of the molecule is COc1cccc([C@H]2c3c(C)nn(-c4ccc(C)cc4)c3NC(=O)[C@@H]2NC(=O)c2ccccc2)c1. The first kappa shape index (κ1) is 22.4. The topological polar surface area (TPSA) is 85.2 Å². The molecule has 0 bridgehead atoms. The van der Waals surface area contributed by atoms with Gasteiger partial charge in [-0.2, -0.15) is 5.10 Å². The van der Waals surface area contributed by atoms with Gasteiger partial charge in [-0.3, -0.25) is 9.59 Å². The molecule has 7 nitrogen and oxygen atoms in total. The number of anilines is 1. The molecule has 2 N–H and O–H groups in total. The van der Waals surface area contributed by atoms with Crippen molar-refractivity contribution < 1.29 is 14.3 Å². The molecule has 2 amide bonds. The van der Waals surface area contributed by atoms with Crippen molar-refractivity contribution in [1.82, 2.24) is 15.1 Å². The van der Waals surface area contributed by atoms with Crippen LogP contribution in [0.2, 0.25) is 0 Å². The number of amides is 2. The molecule has 35 heavy (non-hydrogen) atoms. The molecule has 1 aromatic heterocycles. The van der Waals surface area contributed by atoms with Gasteiger partial charge in [-0.05, 0) is 55.8 Å². The van der Waals surface area contributed by atoms with Gasteiger partial charge in [-0.1, -0.05) is 48.0 Å². The summed E-state index contributed by atoms with van der Waals surface area (Å²) in [5.41, 5.74) is 4.95. The number of aromatic nitrogens is 2. The molecule has 5 rings (SSSR count). The molecule has 4 aromatic rings. The Morgan fingerprint density at radius 2 is 1.74 bits per heavy atom. The van der Waals surface area contributed by atoms with Crippen LogP contribution in [-0.2, 0) is 4.79 Å². The molecule has 0 radical (unpaired) electrons. The summed E-state index contributed by atoms with van der Waals surface area (Å²) < 4.78 is 7.21. The molecule has 0 saturated carbocycles. The summed E-state index contributed by atoms with van der Waals surface area (Å²) >= 11 is 0. The highest BCUT2D eigenvalue weighted by molar-refractivity contribution is 6.04. The number of carbonyl (C=O) groups is 2. The van der Waals surface area contributed by atoms with Gasteiger partial charge in [0, 0.05) is 17.0 Å². The van der Waals surface area contributed by atoms with Crippen LogP contribution in [0.1, 0.15) is 38.7 Å². The zero-order valence-corrected chi connectivity index (χ0v) is 19.8. The number of benzene rings is 3. The second-order valence-corrected chi connectivity index (χ2v) is 8.66. The van der Waals surface area contributed by atoms with Crippen LogP contribution in [0.25, 0.3) is 5.69 Å². The largest absolute Gasteiger partial charge is 0.497 e. The zero-order chi connectivity index (χ0) is 24.5. The van der Waals surface area contributed by atoms with Crippen LogP contribution >= 0.6 is 0 Å². The van der Waals surface area contributed by atoms with Gasteiger partial charge in [-0.25, -0.2) is 4.68 Å². The van der Waals surface area contributed by atoms with Gasteiger partial charge in [0.1, 0.15) is 17.6 Å². The second kappa shape index (κ2) is 9.10. The zero-order valence-electron chi connectivity index (χ0n) is 19.8. The molecule has 2 heterocycles. The highest BCUT2D eigenvalue weighted by Gasteiger charge is 2.42. The number of hydrogen-bond donors (Lipinski definition) is 2. The molecular weight excluding hydrogens is 440 g/mol. The van der Waals surface area contributed by atoms with Crippen LogP contribution in [0.4, 0.5) is 5.82 Å². The number of ether oxygens (including phenoxy) is 1. The van der Waals surface area contributed by atoms with Gasteiger partial charge in [-0.15, -0.1) is 0 Å². The number of rotatable bonds is 5. The summed E-state index contributed by atoms with van der Waals surface area (Å²) in [5, 5.41) is 10.8. The molecule has 1 aliphatic heterocycles. The second-order valence-electron chi connectivity index (χ2n) is 8.66. The van der Waals surface area contributed by atoms with Crippen molar-refractivity contribution in [3.8, 4) is 11.4 Å². The Labute approximate surface area is 203 Å². The van der Waals surface area contributed by atoms with Crippen molar-refractivity contribution in [3.63, 3.8) is 0 Å². The normalized spacial score (nSPS) is 16.8. The summed E-state index contributed by atoms with van der Waals surface area (Å²) in [6.07, 6.45) is 0. The van der Waals surface area contributed by atoms with E-state index in [9.17, 15) is 9.59 Å². The van der Waals surface area contributed by atoms with E-state index in [1.807, 2.05) is 68.4 Å². The minimum atomic E-state index is -0.836. The van der Waals surface area contributed by atoms with E-state index in [4.69, 9.17) is 9.84 Å². The molecule has 7 heteroatoms. The highest BCUT2D eigenvalue weighted by atomic mass is 16.5. The lowest BCUT2D eigenvalue weighted by Crippen LogP contribution is -2.50. The van der Waals surface area contributed by atoms with Crippen molar-refractivity contribution in [3.05, 3.63) is 107 Å². The predicted molar refractivity (Wildman–Crippen MR) is 134 cm³/mol. The van der Waals surface area contributed by atoms with Gasteiger partial charge < -0.3 is 15.4 Å². The molecule has 0 saturated heterocycles. The standard InChI is InChI=1S/C28H26N4O3/c1-17-12-14-21(15-13-17)32-26-23(18(2)31-32)24(20-10-7-11-22(16-20)35-3)25(28(34)30-26)29-27(33)19-8-5-4-6-9-19/h4-16,24-25H,1-3H3,(H,29,33)(H,30,34)/t24-,25+/m0/s1. The van der Waals surface area contributed by atoms with E-state index < -0.39 is 12.0 Å². The Morgan fingerprint density at radius 3 is 2.46 bits per heavy atom. The molecule has 1 aliphatic rings. The summed E-state index contributed by atoms with van der Waals surface area (Å²) in [6, 6.07) is 23.6. The average molecular weight is 467 g/mol. The van der Waals surface area contributed by atoms with Crippen molar-refractivity contribution in [1.29, 1.82) is 0 Å². The summed E-state index contributed by atoms with van der Waals surface area (Å²) in [5.74, 6) is 0.204. The quantitative estimate of drug-likeness (QED) is 0.457. The van der Waals surface area contributed by atoms with Gasteiger partial charge in [0.05, 0.1) is 18.5 Å². The van der Waals surface area contributed by atoms with Gasteiger partial charge in [0.15, 0.2) is 0 Å². The smallest absolute Gasteiger partial charge is 0.251 e. The first-order chi connectivity index (χ1) is 17.0. The van der Waals surface area contributed by atoms with E-state index in [1.165, 1.54) is 0 Å². The van der Waals surface area contributed by atoms with Gasteiger partial charge in [0.25, 0.3) is 5.91 Å². The Kier molecular flexibility index (Phi) is 5.82. The number of methoxy groups -OCH3 is 1. The molecule has 0 unspecified atom stereocenters. The van der Waals surface area contributed by atoms with Crippen LogP contribution in [0, 0.1) is 13.8 Å². The fourth-order valence-electron chi connectivity index (χ4n) is 4.57. The number of aryl methyl sites for hydroxylation is 2. The van der Waals surface area contributed by atoms with Crippen LogP contribution in [0.3, 0.4) is 0 Å². The lowest BCUT2D eigenvalue weighted by Gasteiger charge is -2.33. The molecule has 0 spiro atoms. The van der Waals surface area contributed by atoms with Gasteiger partial charge >= 0.3 is 0 Å². The van der Waals surface area contributed by atoms with E-state index in [0.29, 0.717) is 17.1 Å². The summed E-state index contributed by atoms with van der Waals surface area (Å²) in [6.45, 7) is 3.94. The molecule has 0 aliphatic carbocycles. The molecule has 176 valence electrons. The van der Waals surface area contributed by atoms with E-state index in [0.717, 1.165) is 28.1 Å². The van der Waals surface area contributed by atoms with Crippen molar-refractivity contribution in [2.75, 3.05) is 12.4 Å². The highest BCUT2D eigenvalue weighted by Crippen LogP contribution is 2.41. The number of carbonyl (C=O) groups excluding carboxylic acids is 2. The van der Waals surface area contributed by atoms with Crippen molar-refractivity contribution in [2.45, 2.75) is 25.8 Å². The van der Waals surface area contributed by atoms with E-state index in [1.54, 1.807) is 36.1 Å². The van der Waals surface area contributed by atoms with Gasteiger partial charge in [0.2, 0.25) is 5.91 Å². The predicted octanol–water partition coefficient (Wildman–Crippen LogP) is 4.38. The number of hydrogen-bond acceptors (Lipinski definition) is 4. The monoisotopic (exact) mass is 466 g/mol. The fraction of sp³-hybridized carbons (Fsp3) is 0.179. The molecule has 3 aromatic carbocycles. The van der Waals surface area contributed by atoms with Crippen LogP contribution < -0.4 is 15.4 Å². The van der Waals surface area contributed by atoms with Crippen molar-refractivity contribution >= 4 is 17.6 Å². The lowest BCUT2D eigenvalue weighted by atomic mass is 9.81. The number of nitrogens with zero attached hydrogens (tertiary/aromatic N) is 2. The minimum absolute atomic E-state index is 0.303. The van der Waals surface area contributed by atoms with Crippen LogP contribution in [-0.4, -0.2) is 34.7 Å². The maximum atomic E-state index is 13.5. The van der Waals surface area contributed by atoms with Crippen LogP contribution in [0.5, 0.6) is 5.75 Å². The first-order valence-corrected chi connectivity index (χ1v) is 11.4. The summed E-state index contributed by atoms with van der Waals surface area (Å²) in [7, 11) is 1.60. The Morgan fingerprint density at radius 1 is 1.00 bits per heavy atom. The Bertz CT molecular complexity index is 1390. The first-order valence-electron chi connectivity index (χ1n) is 11.4. The fourth-order valence-corrected chi connectivity index (χ4v) is 4.57. The third-order valence-electron chi connectivity index (χ3n) is 6.33. The Hall–Kier alpha value is -4.39. The average Bonchev–Trinajstić information content (AvgIpc) is 3.20. The molecular formula is C28H26N4O3. The minimum Gasteiger partial charge on any atom is -0.497 e. The van der Waals surface area contributed by atoms with E-state index >= 15 is 0 Å². The third kappa shape index (κ3) is 4.17. The van der Waals surface area contributed by atoms with E-state index in [-0.39, 0.29) is 11.8 Å². The Balaban J connectivity index is 1.64. The number of nitrogens with one attached hydrogen (secondary N) is 2. The summed E-state index contributed by atoms with van der Waals surface area (Å²) in [4.78, 5) is 26.6. The molecule has 2 atom stereocenters. The lowest BCUT2D eigenvalue weighted by molar-refractivity contribution is -0.118. The third-order valence-corrected chi connectivity index (χ3v) is 6.33. The van der Waals surface area contributed by atoms with Crippen LogP contribution in [0.15, 0.2) is 78.9 Å². The van der Waals surface area contributed by atoms with E-state index in [2.05, 4.69) is 10.6 Å². The maximum absolute atomic E-state index is 13.5. The maximum Gasteiger partial charge on any atom is 0.251 e.